The van der Waals surface area contributed by atoms with Crippen LogP contribution in [0.25, 0.3) is 0 Å². The molecule has 19 heavy (non-hydrogen) atoms. The zero-order valence-corrected chi connectivity index (χ0v) is 11.1. The minimum Gasteiger partial charge on any atom is -0.481 e. The fraction of sp³-hybridized carbons (Fsp3) is 0.500. The largest absolute Gasteiger partial charge is 0.481 e. The number of unbranched alkanes of at least 4 members (excludes halogenated alkanes) is 1. The van der Waals surface area contributed by atoms with Gasteiger partial charge in [-0.25, -0.2) is 4.98 Å². The van der Waals surface area contributed by atoms with Crippen molar-refractivity contribution in [3.05, 3.63) is 24.4 Å². The van der Waals surface area contributed by atoms with Crippen molar-refractivity contribution in [2.45, 2.75) is 39.0 Å². The molecule has 5 heteroatoms. The molecule has 0 aliphatic rings. The number of amides is 1. The number of anilines is 1. The first kappa shape index (κ1) is 15.1. The fourth-order valence-corrected chi connectivity index (χ4v) is 1.82. The average Bonchev–Trinajstić information content (AvgIpc) is 2.39. The summed E-state index contributed by atoms with van der Waals surface area (Å²) in [5.41, 5.74) is 0. The molecule has 1 atom stereocenters. The number of hydrogen-bond acceptors (Lipinski definition) is 3. The Kier molecular flexibility index (Phi) is 6.57. The number of nitrogens with one attached hydrogen (secondary N) is 1. The molecule has 2 N–H and O–H groups in total. The summed E-state index contributed by atoms with van der Waals surface area (Å²) in [6, 6.07) is 5.32. The Morgan fingerprint density at radius 1 is 1.37 bits per heavy atom. The Hall–Kier alpha value is -1.91. The Labute approximate surface area is 113 Å². The van der Waals surface area contributed by atoms with Crippen molar-refractivity contribution in [1.29, 1.82) is 0 Å². The van der Waals surface area contributed by atoms with Gasteiger partial charge in [-0.15, -0.1) is 0 Å². The summed E-state index contributed by atoms with van der Waals surface area (Å²) < 4.78 is 0. The van der Waals surface area contributed by atoms with Crippen molar-refractivity contribution in [2.24, 2.45) is 5.92 Å². The summed E-state index contributed by atoms with van der Waals surface area (Å²) in [5.74, 6) is -0.578. The van der Waals surface area contributed by atoms with Gasteiger partial charge in [-0.1, -0.05) is 19.4 Å². The maximum atomic E-state index is 11.6. The molecular weight excluding hydrogens is 244 g/mol. The third-order valence-electron chi connectivity index (χ3n) is 2.98. The van der Waals surface area contributed by atoms with Crippen LogP contribution < -0.4 is 5.32 Å². The van der Waals surface area contributed by atoms with Crippen LogP contribution in [0.1, 0.15) is 39.0 Å². The second-order valence-corrected chi connectivity index (χ2v) is 4.45. The highest BCUT2D eigenvalue weighted by Crippen LogP contribution is 2.14. The quantitative estimate of drug-likeness (QED) is 0.707. The first-order chi connectivity index (χ1) is 9.13. The lowest BCUT2D eigenvalue weighted by Gasteiger charge is -2.09. The van der Waals surface area contributed by atoms with Gasteiger partial charge in [-0.2, -0.15) is 0 Å². The summed E-state index contributed by atoms with van der Waals surface area (Å²) in [4.78, 5) is 26.4. The van der Waals surface area contributed by atoms with Gasteiger partial charge >= 0.3 is 5.97 Å². The SMILES string of the molecule is CC[C@@H](CCCCC(=O)Nc1ccccn1)C(=O)O. The molecule has 0 saturated carbocycles. The Morgan fingerprint density at radius 3 is 2.74 bits per heavy atom. The zero-order valence-electron chi connectivity index (χ0n) is 11.1. The summed E-state index contributed by atoms with van der Waals surface area (Å²) >= 11 is 0. The number of aromatic nitrogens is 1. The highest BCUT2D eigenvalue weighted by Gasteiger charge is 2.14. The second kappa shape index (κ2) is 8.24. The lowest BCUT2D eigenvalue weighted by atomic mass is 9.99. The number of hydrogen-bond donors (Lipinski definition) is 2. The van der Waals surface area contributed by atoms with Gasteiger partial charge in [0, 0.05) is 12.6 Å². The van der Waals surface area contributed by atoms with Crippen molar-refractivity contribution in [3.63, 3.8) is 0 Å². The minimum atomic E-state index is -0.750. The molecule has 1 aromatic rings. The highest BCUT2D eigenvalue weighted by atomic mass is 16.4. The monoisotopic (exact) mass is 264 g/mol. The smallest absolute Gasteiger partial charge is 0.306 e. The standard InChI is InChI=1S/C14H20N2O3/c1-2-11(14(18)19)7-3-4-9-13(17)16-12-8-5-6-10-15-12/h5-6,8,10-11H,2-4,7,9H2,1H3,(H,18,19)(H,15,16,17)/t11-/m0/s1. The summed E-state index contributed by atoms with van der Waals surface area (Å²) in [7, 11) is 0. The Balaban J connectivity index is 2.19. The molecule has 1 heterocycles. The van der Waals surface area contributed by atoms with E-state index in [0.29, 0.717) is 31.5 Å². The number of rotatable bonds is 8. The molecule has 0 fully saturated rings. The summed E-state index contributed by atoms with van der Waals surface area (Å²) in [5, 5.41) is 11.6. The van der Waals surface area contributed by atoms with Gasteiger partial charge in [0.05, 0.1) is 5.92 Å². The molecule has 0 saturated heterocycles. The molecule has 0 unspecified atom stereocenters. The van der Waals surface area contributed by atoms with Gasteiger partial charge < -0.3 is 10.4 Å². The third kappa shape index (κ3) is 5.99. The molecule has 1 amide bonds. The molecule has 0 spiro atoms. The van der Waals surface area contributed by atoms with Gasteiger partial charge in [0.25, 0.3) is 0 Å². The van der Waals surface area contributed by atoms with Crippen LogP contribution in [0.3, 0.4) is 0 Å². The number of carbonyl (C=O) groups excluding carboxylic acids is 1. The number of nitrogens with zero attached hydrogens (tertiary/aromatic N) is 1. The summed E-state index contributed by atoms with van der Waals surface area (Å²) in [6.07, 6.45) is 4.72. The van der Waals surface area contributed by atoms with E-state index < -0.39 is 5.97 Å². The number of pyridine rings is 1. The maximum Gasteiger partial charge on any atom is 0.306 e. The number of carboxylic acids is 1. The lowest BCUT2D eigenvalue weighted by molar-refractivity contribution is -0.142. The van der Waals surface area contributed by atoms with Crippen molar-refractivity contribution in [3.8, 4) is 0 Å². The summed E-state index contributed by atoms with van der Waals surface area (Å²) in [6.45, 7) is 1.87. The van der Waals surface area contributed by atoms with Crippen LogP contribution in [0.15, 0.2) is 24.4 Å². The molecule has 0 bridgehead atoms. The molecule has 1 rings (SSSR count). The Morgan fingerprint density at radius 2 is 2.16 bits per heavy atom. The first-order valence-electron chi connectivity index (χ1n) is 6.57. The van der Waals surface area contributed by atoms with E-state index in [4.69, 9.17) is 5.11 Å². The van der Waals surface area contributed by atoms with Crippen molar-refractivity contribution < 1.29 is 14.7 Å². The third-order valence-corrected chi connectivity index (χ3v) is 2.98. The molecule has 104 valence electrons. The zero-order chi connectivity index (χ0) is 14.1. The van der Waals surface area contributed by atoms with E-state index in [2.05, 4.69) is 10.3 Å². The van der Waals surface area contributed by atoms with Crippen LogP contribution in [-0.2, 0) is 9.59 Å². The van der Waals surface area contributed by atoms with Crippen LogP contribution in [0, 0.1) is 5.92 Å². The molecule has 0 aliphatic heterocycles. The molecule has 0 aliphatic carbocycles. The average molecular weight is 264 g/mol. The van der Waals surface area contributed by atoms with E-state index in [1.54, 1.807) is 24.4 Å². The van der Waals surface area contributed by atoms with Gasteiger partial charge in [-0.3, -0.25) is 9.59 Å². The number of carboxylic acid groups (broad SMARTS) is 1. The number of carbonyl (C=O) groups is 2. The van der Waals surface area contributed by atoms with Crippen molar-refractivity contribution in [2.75, 3.05) is 5.32 Å². The van der Waals surface area contributed by atoms with Gasteiger partial charge in [-0.05, 0) is 31.4 Å². The van der Waals surface area contributed by atoms with E-state index >= 15 is 0 Å². The maximum absolute atomic E-state index is 11.6. The van der Waals surface area contributed by atoms with E-state index in [1.165, 1.54) is 0 Å². The van der Waals surface area contributed by atoms with Gasteiger partial charge in [0.15, 0.2) is 0 Å². The highest BCUT2D eigenvalue weighted by molar-refractivity contribution is 5.89. The Bertz CT molecular complexity index is 406. The van der Waals surface area contributed by atoms with Gasteiger partial charge in [0.2, 0.25) is 5.91 Å². The molecular formula is C14H20N2O3. The predicted molar refractivity (Wildman–Crippen MR) is 72.8 cm³/mol. The van der Waals surface area contributed by atoms with E-state index in [0.717, 1.165) is 6.42 Å². The minimum absolute atomic E-state index is 0.0814. The van der Waals surface area contributed by atoms with Crippen molar-refractivity contribution >= 4 is 17.7 Å². The van der Waals surface area contributed by atoms with Crippen LogP contribution in [0.2, 0.25) is 0 Å². The van der Waals surface area contributed by atoms with Crippen LogP contribution in [0.5, 0.6) is 0 Å². The van der Waals surface area contributed by atoms with Gasteiger partial charge in [0.1, 0.15) is 5.82 Å². The topological polar surface area (TPSA) is 79.3 Å². The molecule has 0 aromatic carbocycles. The first-order valence-corrected chi connectivity index (χ1v) is 6.57. The van der Waals surface area contributed by atoms with E-state index in [1.807, 2.05) is 6.92 Å². The molecule has 5 nitrogen and oxygen atoms in total. The van der Waals surface area contributed by atoms with Crippen LogP contribution in [-0.4, -0.2) is 22.0 Å². The predicted octanol–water partition coefficient (Wildman–Crippen LogP) is 2.69. The number of aliphatic carboxylic acids is 1. The fourth-order valence-electron chi connectivity index (χ4n) is 1.82. The van der Waals surface area contributed by atoms with E-state index in [-0.39, 0.29) is 11.8 Å². The molecule has 1 aromatic heterocycles. The van der Waals surface area contributed by atoms with Crippen molar-refractivity contribution in [1.82, 2.24) is 4.98 Å². The normalized spacial score (nSPS) is 11.8. The molecule has 0 radical (unpaired) electrons. The van der Waals surface area contributed by atoms with Crippen LogP contribution in [0.4, 0.5) is 5.82 Å². The second-order valence-electron chi connectivity index (χ2n) is 4.45. The van der Waals surface area contributed by atoms with Crippen LogP contribution >= 0.6 is 0 Å². The lowest BCUT2D eigenvalue weighted by Crippen LogP contribution is -2.14. The van der Waals surface area contributed by atoms with E-state index in [9.17, 15) is 9.59 Å².